The van der Waals surface area contributed by atoms with Gasteiger partial charge in [0.25, 0.3) is 0 Å². The smallest absolute Gasteiger partial charge is 0.181 e. The van der Waals surface area contributed by atoms with Gasteiger partial charge in [-0.2, -0.15) is 0 Å². The van der Waals surface area contributed by atoms with Crippen LogP contribution in [0, 0.1) is 0 Å². The highest BCUT2D eigenvalue weighted by Crippen LogP contribution is 2.29. The third-order valence-corrected chi connectivity index (χ3v) is 3.12. The van der Waals surface area contributed by atoms with Crippen molar-refractivity contribution < 1.29 is 4.74 Å². The molecule has 3 heterocycles. The topological polar surface area (TPSA) is 63.7 Å². The van der Waals surface area contributed by atoms with E-state index in [1.54, 1.807) is 24.6 Å². The number of methoxy groups -OCH3 is 1. The van der Waals surface area contributed by atoms with Crippen LogP contribution in [0.25, 0.3) is 21.9 Å². The number of nitrogens with zero attached hydrogens (tertiary/aromatic N) is 3. The molecule has 3 aromatic rings. The van der Waals surface area contributed by atoms with E-state index in [1.807, 2.05) is 11.4 Å². The second-order valence-corrected chi connectivity index (χ2v) is 4.11. The minimum Gasteiger partial charge on any atom is -0.496 e. The lowest BCUT2D eigenvalue weighted by Crippen LogP contribution is -1.77. The molecule has 0 aliphatic carbocycles. The first kappa shape index (κ1) is 9.29. The van der Waals surface area contributed by atoms with Gasteiger partial charge in [0.2, 0.25) is 0 Å². The molecule has 0 fully saturated rings. The first-order valence-corrected chi connectivity index (χ1v) is 5.53. The average Bonchev–Trinajstić information content (AvgIpc) is 2.95. The van der Waals surface area contributed by atoms with E-state index in [4.69, 9.17) is 4.74 Å². The Labute approximate surface area is 95.2 Å². The molecule has 0 saturated heterocycles. The number of fused-ring (bicyclic) bond motifs is 1. The zero-order valence-corrected chi connectivity index (χ0v) is 9.28. The van der Waals surface area contributed by atoms with Crippen LogP contribution in [-0.2, 0) is 0 Å². The summed E-state index contributed by atoms with van der Waals surface area (Å²) in [7, 11) is 1.65. The molecule has 0 bridgehead atoms. The van der Waals surface area contributed by atoms with Gasteiger partial charge in [-0.1, -0.05) is 0 Å². The highest BCUT2D eigenvalue weighted by molar-refractivity contribution is 7.13. The maximum Gasteiger partial charge on any atom is 0.181 e. The van der Waals surface area contributed by atoms with Crippen LogP contribution in [0.3, 0.4) is 0 Å². The summed E-state index contributed by atoms with van der Waals surface area (Å²) in [5.74, 6) is 1.63. The van der Waals surface area contributed by atoms with Crippen molar-refractivity contribution in [3.63, 3.8) is 0 Å². The van der Waals surface area contributed by atoms with E-state index >= 15 is 0 Å². The number of hydrogen-bond acceptors (Lipinski definition) is 5. The molecule has 0 aliphatic rings. The number of ether oxygens (including phenoxy) is 1. The second kappa shape index (κ2) is 3.57. The Hall–Kier alpha value is -1.95. The summed E-state index contributed by atoms with van der Waals surface area (Å²) in [4.78, 5) is 16.6. The molecule has 3 aromatic heterocycles. The van der Waals surface area contributed by atoms with E-state index in [9.17, 15) is 0 Å². The summed E-state index contributed by atoms with van der Waals surface area (Å²) in [6, 6.07) is 1.94. The Morgan fingerprint density at radius 1 is 1.44 bits per heavy atom. The van der Waals surface area contributed by atoms with E-state index in [2.05, 4.69) is 19.9 Å². The minimum absolute atomic E-state index is 0.678. The number of thiophene rings is 1. The summed E-state index contributed by atoms with van der Waals surface area (Å²) < 4.78 is 5.13. The fourth-order valence-electron chi connectivity index (χ4n) is 1.43. The van der Waals surface area contributed by atoms with Crippen LogP contribution in [0.1, 0.15) is 0 Å². The molecule has 0 radical (unpaired) electrons. The monoisotopic (exact) mass is 232 g/mol. The molecule has 0 spiro atoms. The number of nitrogens with one attached hydrogen (secondary N) is 1. The molecule has 0 unspecified atom stereocenters. The number of hydrogen-bond donors (Lipinski definition) is 1. The molecule has 0 aromatic carbocycles. The van der Waals surface area contributed by atoms with E-state index in [-0.39, 0.29) is 0 Å². The lowest BCUT2D eigenvalue weighted by Gasteiger charge is -1.89. The predicted octanol–water partition coefficient (Wildman–Crippen LogP) is 2.09. The fraction of sp³-hybridized carbons (Fsp3) is 0.100. The normalized spacial score (nSPS) is 10.8. The lowest BCUT2D eigenvalue weighted by molar-refractivity contribution is 0.417. The van der Waals surface area contributed by atoms with Crippen LogP contribution in [0.4, 0.5) is 0 Å². The summed E-state index contributed by atoms with van der Waals surface area (Å²) in [6.45, 7) is 0. The molecule has 3 rings (SSSR count). The molecule has 0 aliphatic heterocycles. The third-order valence-electron chi connectivity index (χ3n) is 2.21. The molecule has 0 amide bonds. The highest BCUT2D eigenvalue weighted by atomic mass is 32.1. The van der Waals surface area contributed by atoms with Crippen LogP contribution in [0.5, 0.6) is 5.75 Å². The summed E-state index contributed by atoms with van der Waals surface area (Å²) >= 11 is 1.58. The molecule has 0 saturated carbocycles. The van der Waals surface area contributed by atoms with E-state index in [0.717, 1.165) is 22.0 Å². The van der Waals surface area contributed by atoms with Crippen LogP contribution in [0.15, 0.2) is 24.0 Å². The van der Waals surface area contributed by atoms with Crippen molar-refractivity contribution in [2.45, 2.75) is 0 Å². The quantitative estimate of drug-likeness (QED) is 0.734. The van der Waals surface area contributed by atoms with Gasteiger partial charge in [0.1, 0.15) is 17.6 Å². The van der Waals surface area contributed by atoms with Crippen molar-refractivity contribution >= 4 is 22.5 Å². The van der Waals surface area contributed by atoms with Crippen molar-refractivity contribution in [2.24, 2.45) is 0 Å². The van der Waals surface area contributed by atoms with Gasteiger partial charge in [-0.3, -0.25) is 0 Å². The van der Waals surface area contributed by atoms with Gasteiger partial charge in [-0.25, -0.2) is 15.0 Å². The van der Waals surface area contributed by atoms with Gasteiger partial charge in [0.15, 0.2) is 11.5 Å². The van der Waals surface area contributed by atoms with Gasteiger partial charge in [0.05, 0.1) is 18.2 Å². The van der Waals surface area contributed by atoms with Gasteiger partial charge >= 0.3 is 0 Å². The first-order chi connectivity index (χ1) is 7.86. The van der Waals surface area contributed by atoms with E-state index in [1.165, 1.54) is 6.33 Å². The molecule has 5 nitrogen and oxygen atoms in total. The minimum atomic E-state index is 0.678. The summed E-state index contributed by atoms with van der Waals surface area (Å²) in [6.07, 6.45) is 3.20. The zero-order valence-electron chi connectivity index (χ0n) is 8.47. The molecule has 1 N–H and O–H groups in total. The Morgan fingerprint density at radius 2 is 2.38 bits per heavy atom. The summed E-state index contributed by atoms with van der Waals surface area (Å²) in [5, 5.41) is 1.94. The molecule has 6 heteroatoms. The van der Waals surface area contributed by atoms with Crippen LogP contribution in [0.2, 0.25) is 0 Å². The average molecular weight is 232 g/mol. The first-order valence-electron chi connectivity index (χ1n) is 4.65. The molecular weight excluding hydrogens is 224 g/mol. The van der Waals surface area contributed by atoms with Crippen molar-refractivity contribution in [3.8, 4) is 16.5 Å². The molecule has 80 valence electrons. The van der Waals surface area contributed by atoms with Crippen molar-refractivity contribution in [2.75, 3.05) is 7.11 Å². The third kappa shape index (κ3) is 1.43. The number of H-pyrrole nitrogens is 1. The number of imidazole rings is 1. The maximum absolute atomic E-state index is 5.13. The second-order valence-electron chi connectivity index (χ2n) is 3.20. The molecule has 16 heavy (non-hydrogen) atoms. The Bertz CT molecular complexity index is 597. The van der Waals surface area contributed by atoms with E-state index < -0.39 is 0 Å². The largest absolute Gasteiger partial charge is 0.496 e. The van der Waals surface area contributed by atoms with Gasteiger partial charge in [-0.05, 0) is 0 Å². The van der Waals surface area contributed by atoms with Crippen molar-refractivity contribution in [3.05, 3.63) is 24.0 Å². The van der Waals surface area contributed by atoms with Crippen LogP contribution in [-0.4, -0.2) is 27.0 Å². The van der Waals surface area contributed by atoms with Crippen molar-refractivity contribution in [1.82, 2.24) is 19.9 Å². The van der Waals surface area contributed by atoms with Gasteiger partial charge in [0, 0.05) is 11.4 Å². The molecule has 0 atom stereocenters. The van der Waals surface area contributed by atoms with Crippen LogP contribution < -0.4 is 4.74 Å². The van der Waals surface area contributed by atoms with E-state index in [0.29, 0.717) is 5.65 Å². The standard InChI is InChI=1S/C10H8N4OS/c1-15-6-2-8(16-4-6)10-13-7-3-11-5-12-9(7)14-10/h2-5H,1H3,(H,11,12,13,14). The summed E-state index contributed by atoms with van der Waals surface area (Å²) in [5.41, 5.74) is 1.52. The maximum atomic E-state index is 5.13. The number of aromatic amines is 1. The Balaban J connectivity index is 2.11. The highest BCUT2D eigenvalue weighted by Gasteiger charge is 2.08. The number of aromatic nitrogens is 4. The SMILES string of the molecule is COc1csc(-c2nc3ncncc3[nH]2)c1. The van der Waals surface area contributed by atoms with Gasteiger partial charge in [-0.15, -0.1) is 11.3 Å². The van der Waals surface area contributed by atoms with Crippen LogP contribution >= 0.6 is 11.3 Å². The fourth-order valence-corrected chi connectivity index (χ4v) is 2.23. The number of rotatable bonds is 2. The lowest BCUT2D eigenvalue weighted by atomic mass is 10.4. The molecular formula is C10H8N4OS. The Morgan fingerprint density at radius 3 is 3.12 bits per heavy atom. The zero-order chi connectivity index (χ0) is 11.0. The van der Waals surface area contributed by atoms with Gasteiger partial charge < -0.3 is 9.72 Å². The Kier molecular flexibility index (Phi) is 2.07. The predicted molar refractivity (Wildman–Crippen MR) is 61.5 cm³/mol. The van der Waals surface area contributed by atoms with Crippen molar-refractivity contribution in [1.29, 1.82) is 0 Å².